The molecule has 1 atom stereocenters. The predicted octanol–water partition coefficient (Wildman–Crippen LogP) is 5.27. The SMILES string of the molecule is CCCNC(=O)[C@@H](CC)N(Cc1ccc(Cl)c(Cl)c1)C(=O)CCCN(c1ccc(OCC)cc1)S(C)(=O)=O. The Morgan fingerprint density at radius 2 is 1.71 bits per heavy atom. The Kier molecular flexibility index (Phi) is 12.7. The van der Waals surface area contributed by atoms with Crippen LogP contribution in [-0.4, -0.2) is 57.1 Å². The fourth-order valence-electron chi connectivity index (χ4n) is 4.00. The van der Waals surface area contributed by atoms with E-state index in [1.54, 1.807) is 42.5 Å². The van der Waals surface area contributed by atoms with Crippen LogP contribution in [0.4, 0.5) is 5.69 Å². The summed E-state index contributed by atoms with van der Waals surface area (Å²) in [5.41, 5.74) is 1.23. The molecule has 0 fully saturated rings. The molecule has 0 aliphatic heterocycles. The van der Waals surface area contributed by atoms with E-state index in [9.17, 15) is 18.0 Å². The molecule has 0 radical (unpaired) electrons. The Hall–Kier alpha value is -2.49. The predicted molar refractivity (Wildman–Crippen MR) is 153 cm³/mol. The summed E-state index contributed by atoms with van der Waals surface area (Å²) in [7, 11) is -3.59. The minimum absolute atomic E-state index is 0.0575. The van der Waals surface area contributed by atoms with E-state index in [0.717, 1.165) is 18.2 Å². The van der Waals surface area contributed by atoms with Crippen LogP contribution >= 0.6 is 23.2 Å². The van der Waals surface area contributed by atoms with Crippen LogP contribution < -0.4 is 14.4 Å². The number of hydrogen-bond acceptors (Lipinski definition) is 5. The molecule has 1 N–H and O–H groups in total. The molecule has 0 aromatic heterocycles. The van der Waals surface area contributed by atoms with Crippen molar-refractivity contribution < 1.29 is 22.7 Å². The molecule has 0 bridgehead atoms. The number of carbonyl (C=O) groups is 2. The lowest BCUT2D eigenvalue weighted by Gasteiger charge is -2.31. The van der Waals surface area contributed by atoms with Gasteiger partial charge >= 0.3 is 0 Å². The number of anilines is 1. The second-order valence-corrected chi connectivity index (χ2v) is 11.6. The average Bonchev–Trinajstić information content (AvgIpc) is 2.87. The van der Waals surface area contributed by atoms with Crippen LogP contribution in [-0.2, 0) is 26.2 Å². The zero-order valence-corrected chi connectivity index (χ0v) is 24.7. The molecule has 0 aliphatic rings. The summed E-state index contributed by atoms with van der Waals surface area (Å²) in [5, 5.41) is 3.64. The lowest BCUT2D eigenvalue weighted by molar-refractivity contribution is -0.141. The average molecular weight is 587 g/mol. The number of hydrogen-bond donors (Lipinski definition) is 1. The molecule has 0 spiro atoms. The normalized spacial score (nSPS) is 12.1. The summed E-state index contributed by atoms with van der Waals surface area (Å²) in [4.78, 5) is 27.9. The topological polar surface area (TPSA) is 96.0 Å². The summed E-state index contributed by atoms with van der Waals surface area (Å²) < 4.78 is 31.7. The van der Waals surface area contributed by atoms with Crippen LogP contribution in [0.25, 0.3) is 0 Å². The van der Waals surface area contributed by atoms with E-state index in [1.165, 1.54) is 9.21 Å². The van der Waals surface area contributed by atoms with Gasteiger partial charge in [-0.05, 0) is 68.1 Å². The number of sulfonamides is 1. The van der Waals surface area contributed by atoms with Crippen LogP contribution in [0.5, 0.6) is 5.75 Å². The highest BCUT2D eigenvalue weighted by molar-refractivity contribution is 7.92. The molecule has 210 valence electrons. The number of carbonyl (C=O) groups excluding carboxylic acids is 2. The number of ether oxygens (including phenoxy) is 1. The molecule has 11 heteroatoms. The van der Waals surface area contributed by atoms with E-state index in [2.05, 4.69) is 5.32 Å². The third kappa shape index (κ3) is 9.36. The molecule has 2 aromatic rings. The standard InChI is InChI=1S/C27H37Cl2N3O5S/c1-5-16-30-27(34)25(6-2)31(19-20-10-15-23(28)24(29)18-20)26(33)9-8-17-32(38(4,35)36)21-11-13-22(14-12-21)37-7-3/h10-15,18,25H,5-9,16-17,19H2,1-4H3,(H,30,34)/t25-/m1/s1. The highest BCUT2D eigenvalue weighted by atomic mass is 35.5. The van der Waals surface area contributed by atoms with E-state index in [1.807, 2.05) is 20.8 Å². The van der Waals surface area contributed by atoms with Crippen molar-refractivity contribution in [2.24, 2.45) is 0 Å². The van der Waals surface area contributed by atoms with Crippen LogP contribution in [0.15, 0.2) is 42.5 Å². The zero-order chi connectivity index (χ0) is 28.3. The van der Waals surface area contributed by atoms with Gasteiger partial charge in [0.25, 0.3) is 0 Å². The molecule has 2 rings (SSSR count). The highest BCUT2D eigenvalue weighted by Crippen LogP contribution is 2.25. The van der Waals surface area contributed by atoms with Gasteiger partial charge in [0.15, 0.2) is 0 Å². The Morgan fingerprint density at radius 1 is 1.03 bits per heavy atom. The first kappa shape index (κ1) is 31.7. The van der Waals surface area contributed by atoms with Gasteiger partial charge in [0.05, 0.1) is 28.6 Å². The molecule has 38 heavy (non-hydrogen) atoms. The van der Waals surface area contributed by atoms with E-state index in [0.29, 0.717) is 41.1 Å². The number of nitrogens with one attached hydrogen (secondary N) is 1. The van der Waals surface area contributed by atoms with Gasteiger partial charge in [-0.15, -0.1) is 0 Å². The lowest BCUT2D eigenvalue weighted by atomic mass is 10.1. The van der Waals surface area contributed by atoms with Gasteiger partial charge in [0, 0.05) is 26.1 Å². The van der Waals surface area contributed by atoms with E-state index < -0.39 is 16.1 Å². The van der Waals surface area contributed by atoms with Crippen molar-refractivity contribution >= 4 is 50.7 Å². The molecule has 8 nitrogen and oxygen atoms in total. The van der Waals surface area contributed by atoms with E-state index in [4.69, 9.17) is 27.9 Å². The smallest absolute Gasteiger partial charge is 0.242 e. The number of rotatable bonds is 15. The molecular formula is C27H37Cl2N3O5S. The number of amides is 2. The number of benzene rings is 2. The van der Waals surface area contributed by atoms with Crippen molar-refractivity contribution in [2.45, 2.75) is 59.0 Å². The van der Waals surface area contributed by atoms with Gasteiger partial charge in [0.1, 0.15) is 11.8 Å². The third-order valence-electron chi connectivity index (χ3n) is 5.86. The second-order valence-electron chi connectivity index (χ2n) is 8.85. The fraction of sp³-hybridized carbons (Fsp3) is 0.481. The Morgan fingerprint density at radius 3 is 2.26 bits per heavy atom. The highest BCUT2D eigenvalue weighted by Gasteiger charge is 2.29. The molecule has 2 aromatic carbocycles. The Labute approximate surface area is 236 Å². The molecule has 0 heterocycles. The van der Waals surface area contributed by atoms with Gasteiger partial charge in [0.2, 0.25) is 21.8 Å². The molecule has 0 saturated heterocycles. The van der Waals surface area contributed by atoms with Crippen LogP contribution in [0.2, 0.25) is 10.0 Å². The van der Waals surface area contributed by atoms with Crippen molar-refractivity contribution in [2.75, 3.05) is 30.3 Å². The monoisotopic (exact) mass is 585 g/mol. The van der Waals surface area contributed by atoms with E-state index in [-0.39, 0.29) is 37.7 Å². The largest absolute Gasteiger partial charge is 0.494 e. The van der Waals surface area contributed by atoms with Crippen molar-refractivity contribution in [3.05, 3.63) is 58.1 Å². The summed E-state index contributed by atoms with van der Waals surface area (Å²) in [6, 6.07) is 11.2. The fourth-order valence-corrected chi connectivity index (χ4v) is 5.29. The van der Waals surface area contributed by atoms with Crippen LogP contribution in [0.3, 0.4) is 0 Å². The molecule has 0 saturated carbocycles. The maximum atomic E-state index is 13.5. The zero-order valence-electron chi connectivity index (χ0n) is 22.4. The van der Waals surface area contributed by atoms with Gasteiger partial charge in [-0.3, -0.25) is 13.9 Å². The van der Waals surface area contributed by atoms with Gasteiger partial charge in [-0.2, -0.15) is 0 Å². The summed E-state index contributed by atoms with van der Waals surface area (Å²) in [6.07, 6.45) is 2.65. The quantitative estimate of drug-likeness (QED) is 0.307. The first-order valence-electron chi connectivity index (χ1n) is 12.7. The lowest BCUT2D eigenvalue weighted by Crippen LogP contribution is -2.49. The van der Waals surface area contributed by atoms with E-state index >= 15 is 0 Å². The van der Waals surface area contributed by atoms with Crippen LogP contribution in [0, 0.1) is 0 Å². The van der Waals surface area contributed by atoms with Gasteiger partial charge in [-0.25, -0.2) is 8.42 Å². The summed E-state index contributed by atoms with van der Waals surface area (Å²) >= 11 is 12.2. The van der Waals surface area contributed by atoms with Gasteiger partial charge < -0.3 is 15.0 Å². The molecule has 0 aliphatic carbocycles. The first-order chi connectivity index (χ1) is 18.0. The van der Waals surface area contributed by atoms with Crippen molar-refractivity contribution in [1.82, 2.24) is 10.2 Å². The third-order valence-corrected chi connectivity index (χ3v) is 7.79. The Bertz CT molecular complexity index is 1180. The maximum Gasteiger partial charge on any atom is 0.242 e. The number of nitrogens with zero attached hydrogens (tertiary/aromatic N) is 2. The maximum absolute atomic E-state index is 13.5. The first-order valence-corrected chi connectivity index (χ1v) is 15.3. The van der Waals surface area contributed by atoms with Crippen molar-refractivity contribution in [3.63, 3.8) is 0 Å². The van der Waals surface area contributed by atoms with Crippen molar-refractivity contribution in [1.29, 1.82) is 0 Å². The molecule has 0 unspecified atom stereocenters. The molecular weight excluding hydrogens is 549 g/mol. The van der Waals surface area contributed by atoms with Crippen molar-refractivity contribution in [3.8, 4) is 5.75 Å². The summed E-state index contributed by atoms with van der Waals surface area (Å²) in [6.45, 7) is 6.97. The van der Waals surface area contributed by atoms with Crippen LogP contribution in [0.1, 0.15) is 52.0 Å². The summed E-state index contributed by atoms with van der Waals surface area (Å²) in [5.74, 6) is 0.161. The second kappa shape index (κ2) is 15.2. The minimum atomic E-state index is -3.59. The Balaban J connectivity index is 2.21. The number of halogens is 2. The molecule has 2 amide bonds. The minimum Gasteiger partial charge on any atom is -0.494 e. The van der Waals surface area contributed by atoms with Gasteiger partial charge in [-0.1, -0.05) is 43.1 Å².